The molecule has 6 heteroatoms. The highest BCUT2D eigenvalue weighted by Crippen LogP contribution is 2.25. The third-order valence-corrected chi connectivity index (χ3v) is 4.11. The summed E-state index contributed by atoms with van der Waals surface area (Å²) in [7, 11) is 3.36. The van der Waals surface area contributed by atoms with E-state index in [4.69, 9.17) is 0 Å². The molecular weight excluding hydrogens is 274 g/mol. The highest BCUT2D eigenvalue weighted by molar-refractivity contribution is 7.99. The van der Waals surface area contributed by atoms with E-state index in [-0.39, 0.29) is 5.97 Å². The Balaban J connectivity index is 2.62. The molecule has 5 nitrogen and oxygen atoms in total. The fourth-order valence-corrected chi connectivity index (χ4v) is 2.97. The molecule has 20 heavy (non-hydrogen) atoms. The summed E-state index contributed by atoms with van der Waals surface area (Å²) in [5.41, 5.74) is 2.27. The Kier molecular flexibility index (Phi) is 7.09. The largest absolute Gasteiger partial charge is 0.469 e. The van der Waals surface area contributed by atoms with E-state index in [1.807, 2.05) is 18.7 Å². The fourth-order valence-electron chi connectivity index (χ4n) is 1.88. The fraction of sp³-hybridized carbons (Fsp3) is 0.714. The van der Waals surface area contributed by atoms with Crippen molar-refractivity contribution < 1.29 is 9.53 Å². The Morgan fingerprint density at radius 1 is 1.50 bits per heavy atom. The van der Waals surface area contributed by atoms with Gasteiger partial charge < -0.3 is 10.1 Å². The highest BCUT2D eigenvalue weighted by atomic mass is 32.2. The Morgan fingerprint density at radius 2 is 2.20 bits per heavy atom. The first-order valence-corrected chi connectivity index (χ1v) is 7.87. The predicted molar refractivity (Wildman–Crippen MR) is 81.8 cm³/mol. The van der Waals surface area contributed by atoms with Gasteiger partial charge in [0, 0.05) is 24.9 Å². The molecule has 114 valence electrons. The van der Waals surface area contributed by atoms with Crippen molar-refractivity contribution >= 4 is 17.7 Å². The molecule has 0 aliphatic carbocycles. The Bertz CT molecular complexity index is 444. The van der Waals surface area contributed by atoms with E-state index in [1.54, 1.807) is 11.8 Å². The number of nitrogens with zero attached hydrogens (tertiary/aromatic N) is 2. The molecule has 0 bridgehead atoms. The third kappa shape index (κ3) is 5.17. The Hall–Kier alpha value is -1.01. The molecule has 1 aromatic rings. The lowest BCUT2D eigenvalue weighted by Gasteiger charge is -2.09. The zero-order valence-corrected chi connectivity index (χ0v) is 13.8. The van der Waals surface area contributed by atoms with Gasteiger partial charge in [-0.15, -0.1) is 11.8 Å². The molecule has 1 N–H and O–H groups in total. The van der Waals surface area contributed by atoms with Gasteiger partial charge in [0.2, 0.25) is 0 Å². The van der Waals surface area contributed by atoms with Gasteiger partial charge in [-0.1, -0.05) is 13.8 Å². The lowest BCUT2D eigenvalue weighted by molar-refractivity contribution is -0.140. The van der Waals surface area contributed by atoms with Crippen LogP contribution in [0.2, 0.25) is 0 Å². The second-order valence-corrected chi connectivity index (χ2v) is 6.28. The van der Waals surface area contributed by atoms with E-state index in [2.05, 4.69) is 29.0 Å². The van der Waals surface area contributed by atoms with Crippen molar-refractivity contribution in [2.75, 3.05) is 19.4 Å². The average Bonchev–Trinajstić information content (AvgIpc) is 2.64. The van der Waals surface area contributed by atoms with Crippen molar-refractivity contribution in [2.24, 2.45) is 13.0 Å². The molecule has 0 radical (unpaired) electrons. The van der Waals surface area contributed by atoms with E-state index in [1.165, 1.54) is 12.7 Å². The highest BCUT2D eigenvalue weighted by Gasteiger charge is 2.14. The predicted octanol–water partition coefficient (Wildman–Crippen LogP) is 2.13. The smallest absolute Gasteiger partial charge is 0.306 e. The number of esters is 1. The minimum atomic E-state index is -0.170. The van der Waals surface area contributed by atoms with Crippen LogP contribution >= 0.6 is 11.8 Å². The summed E-state index contributed by atoms with van der Waals surface area (Å²) in [5.74, 6) is 1.17. The van der Waals surface area contributed by atoms with Crippen LogP contribution in [0.15, 0.2) is 5.03 Å². The summed E-state index contributed by atoms with van der Waals surface area (Å²) in [6.45, 7) is 8.21. The number of methoxy groups -OCH3 is 1. The van der Waals surface area contributed by atoms with Crippen molar-refractivity contribution in [3.63, 3.8) is 0 Å². The molecule has 0 saturated carbocycles. The molecule has 1 heterocycles. The van der Waals surface area contributed by atoms with Crippen LogP contribution in [0.1, 0.15) is 31.5 Å². The SMILES string of the molecule is COC(=O)CCSc1c(CNCC(C)C)c(C)nn1C. The molecule has 0 aliphatic rings. The average molecular weight is 299 g/mol. The van der Waals surface area contributed by atoms with Crippen molar-refractivity contribution in [1.82, 2.24) is 15.1 Å². The second kappa shape index (κ2) is 8.32. The van der Waals surface area contributed by atoms with Gasteiger partial charge in [0.1, 0.15) is 0 Å². The van der Waals surface area contributed by atoms with Crippen LogP contribution < -0.4 is 5.32 Å². The maximum Gasteiger partial charge on any atom is 0.306 e. The number of rotatable bonds is 8. The lowest BCUT2D eigenvalue weighted by atomic mass is 10.2. The number of ether oxygens (including phenoxy) is 1. The van der Waals surface area contributed by atoms with E-state index < -0.39 is 0 Å². The molecule has 0 spiro atoms. The van der Waals surface area contributed by atoms with Crippen molar-refractivity contribution in [3.8, 4) is 0 Å². The monoisotopic (exact) mass is 299 g/mol. The Labute approximate surface area is 125 Å². The van der Waals surface area contributed by atoms with Crippen LogP contribution in [-0.2, 0) is 23.1 Å². The quantitative estimate of drug-likeness (QED) is 0.589. The zero-order chi connectivity index (χ0) is 15.1. The first kappa shape index (κ1) is 17.0. The summed E-state index contributed by atoms with van der Waals surface area (Å²) in [5, 5.41) is 9.04. The number of aromatic nitrogens is 2. The molecule has 0 aromatic carbocycles. The van der Waals surface area contributed by atoms with Gasteiger partial charge in [0.15, 0.2) is 0 Å². The minimum Gasteiger partial charge on any atom is -0.469 e. The van der Waals surface area contributed by atoms with Gasteiger partial charge in [-0.05, 0) is 19.4 Å². The van der Waals surface area contributed by atoms with Crippen molar-refractivity contribution in [3.05, 3.63) is 11.3 Å². The molecule has 1 rings (SSSR count). The van der Waals surface area contributed by atoms with Crippen LogP contribution in [0, 0.1) is 12.8 Å². The zero-order valence-electron chi connectivity index (χ0n) is 13.0. The van der Waals surface area contributed by atoms with Crippen LogP contribution in [-0.4, -0.2) is 35.2 Å². The molecular formula is C14H25N3O2S. The molecule has 0 atom stereocenters. The van der Waals surface area contributed by atoms with Gasteiger partial charge in [-0.3, -0.25) is 9.48 Å². The standard InChI is InChI=1S/C14H25N3O2S/c1-10(2)8-15-9-12-11(3)16-17(4)14(12)20-7-6-13(18)19-5/h10,15H,6-9H2,1-5H3. The maximum atomic E-state index is 11.2. The molecule has 0 fully saturated rings. The molecule has 1 aromatic heterocycles. The second-order valence-electron chi connectivity index (χ2n) is 5.19. The van der Waals surface area contributed by atoms with Crippen molar-refractivity contribution in [1.29, 1.82) is 0 Å². The summed E-state index contributed by atoms with van der Waals surface area (Å²) >= 11 is 1.66. The molecule has 0 amide bonds. The van der Waals surface area contributed by atoms with Crippen LogP contribution in [0.3, 0.4) is 0 Å². The number of hydrogen-bond donors (Lipinski definition) is 1. The van der Waals surface area contributed by atoms with Crippen LogP contribution in [0.4, 0.5) is 0 Å². The van der Waals surface area contributed by atoms with Gasteiger partial charge in [-0.25, -0.2) is 0 Å². The normalized spacial score (nSPS) is 11.1. The third-order valence-electron chi connectivity index (χ3n) is 2.92. The first-order chi connectivity index (χ1) is 9.45. The number of carbonyl (C=O) groups is 1. The maximum absolute atomic E-state index is 11.2. The molecule has 0 aliphatic heterocycles. The van der Waals surface area contributed by atoms with E-state index >= 15 is 0 Å². The summed E-state index contributed by atoms with van der Waals surface area (Å²) < 4.78 is 6.55. The number of nitrogens with one attached hydrogen (secondary N) is 1. The van der Waals surface area contributed by atoms with Crippen LogP contribution in [0.5, 0.6) is 0 Å². The molecule has 0 saturated heterocycles. The number of carbonyl (C=O) groups excluding carboxylic acids is 1. The van der Waals surface area contributed by atoms with E-state index in [0.29, 0.717) is 18.1 Å². The number of aryl methyl sites for hydroxylation is 2. The van der Waals surface area contributed by atoms with Gasteiger partial charge >= 0.3 is 5.97 Å². The topological polar surface area (TPSA) is 56.1 Å². The van der Waals surface area contributed by atoms with Crippen LogP contribution in [0.25, 0.3) is 0 Å². The van der Waals surface area contributed by atoms with E-state index in [9.17, 15) is 4.79 Å². The summed E-state index contributed by atoms with van der Waals surface area (Å²) in [6.07, 6.45) is 0.421. The number of thioether (sulfide) groups is 1. The summed E-state index contributed by atoms with van der Waals surface area (Å²) in [6, 6.07) is 0. The number of hydrogen-bond acceptors (Lipinski definition) is 5. The van der Waals surface area contributed by atoms with Gasteiger partial charge in [0.25, 0.3) is 0 Å². The van der Waals surface area contributed by atoms with E-state index in [0.717, 1.165) is 23.8 Å². The summed E-state index contributed by atoms with van der Waals surface area (Å²) in [4.78, 5) is 11.2. The van der Waals surface area contributed by atoms with Gasteiger partial charge in [-0.2, -0.15) is 5.10 Å². The van der Waals surface area contributed by atoms with Gasteiger partial charge in [0.05, 0.1) is 24.3 Å². The Morgan fingerprint density at radius 3 is 2.80 bits per heavy atom. The molecule has 0 unspecified atom stereocenters. The minimum absolute atomic E-state index is 0.170. The van der Waals surface area contributed by atoms with Crippen molar-refractivity contribution in [2.45, 2.75) is 38.8 Å². The lowest BCUT2D eigenvalue weighted by Crippen LogP contribution is -2.19. The first-order valence-electron chi connectivity index (χ1n) is 6.88.